The molecule has 0 aliphatic carbocycles. The highest BCUT2D eigenvalue weighted by molar-refractivity contribution is 5.84. The summed E-state index contributed by atoms with van der Waals surface area (Å²) in [5, 5.41) is 9.61. The third-order valence-corrected chi connectivity index (χ3v) is 3.24. The van der Waals surface area contributed by atoms with Gasteiger partial charge in [-0.2, -0.15) is 0 Å². The molecule has 0 amide bonds. The van der Waals surface area contributed by atoms with E-state index in [4.69, 9.17) is 9.26 Å². The summed E-state index contributed by atoms with van der Waals surface area (Å²) >= 11 is 0. The number of fused-ring (bicyclic) bond motifs is 1. The van der Waals surface area contributed by atoms with Crippen molar-refractivity contribution < 1.29 is 9.26 Å². The quantitative estimate of drug-likeness (QED) is 0.772. The van der Waals surface area contributed by atoms with Crippen molar-refractivity contribution in [2.45, 2.75) is 13.1 Å². The van der Waals surface area contributed by atoms with Crippen LogP contribution in [0.15, 0.2) is 53.3 Å². The van der Waals surface area contributed by atoms with Crippen molar-refractivity contribution in [2.75, 3.05) is 7.11 Å². The zero-order valence-corrected chi connectivity index (χ0v) is 11.3. The first-order chi connectivity index (χ1) is 9.85. The number of ether oxygens (including phenoxy) is 1. The summed E-state index contributed by atoms with van der Waals surface area (Å²) in [5.41, 5.74) is 2.15. The van der Waals surface area contributed by atoms with Gasteiger partial charge in [-0.15, -0.1) is 0 Å². The van der Waals surface area contributed by atoms with Gasteiger partial charge in [-0.1, -0.05) is 23.4 Å². The summed E-state index contributed by atoms with van der Waals surface area (Å²) in [4.78, 5) is 0. The Hall–Kier alpha value is -2.33. The van der Waals surface area contributed by atoms with Gasteiger partial charge in [0, 0.05) is 19.2 Å². The van der Waals surface area contributed by atoms with Gasteiger partial charge in [-0.05, 0) is 34.5 Å². The Labute approximate surface area is 117 Å². The van der Waals surface area contributed by atoms with E-state index in [9.17, 15) is 0 Å². The molecule has 0 atom stereocenters. The normalized spacial score (nSPS) is 10.8. The Bertz CT molecular complexity index is 693. The summed E-state index contributed by atoms with van der Waals surface area (Å²) in [5.74, 6) is 0.884. The number of aromatic nitrogens is 1. The van der Waals surface area contributed by atoms with E-state index in [0.717, 1.165) is 18.0 Å². The average molecular weight is 268 g/mol. The molecule has 102 valence electrons. The zero-order valence-electron chi connectivity index (χ0n) is 11.3. The van der Waals surface area contributed by atoms with Gasteiger partial charge in [0.05, 0.1) is 12.8 Å². The molecule has 0 radical (unpaired) electrons. The molecular formula is C16H16N2O2. The van der Waals surface area contributed by atoms with Gasteiger partial charge in [-0.25, -0.2) is 0 Å². The Kier molecular flexibility index (Phi) is 3.65. The fourth-order valence-corrected chi connectivity index (χ4v) is 2.17. The van der Waals surface area contributed by atoms with Crippen molar-refractivity contribution in [1.82, 2.24) is 10.5 Å². The molecule has 0 fully saturated rings. The molecule has 4 heteroatoms. The van der Waals surface area contributed by atoms with Crippen LogP contribution in [0.5, 0.6) is 5.75 Å². The summed E-state index contributed by atoms with van der Waals surface area (Å²) in [6, 6.07) is 14.4. The smallest absolute Gasteiger partial charge is 0.124 e. The maximum absolute atomic E-state index is 5.23. The molecule has 2 aromatic carbocycles. The van der Waals surface area contributed by atoms with E-state index in [0.29, 0.717) is 6.54 Å². The molecule has 0 aliphatic heterocycles. The topological polar surface area (TPSA) is 47.3 Å². The fraction of sp³-hybridized carbons (Fsp3) is 0.188. The molecule has 0 saturated carbocycles. The van der Waals surface area contributed by atoms with E-state index in [1.165, 1.54) is 16.3 Å². The molecular weight excluding hydrogens is 252 g/mol. The van der Waals surface area contributed by atoms with Crippen LogP contribution in [0.3, 0.4) is 0 Å². The van der Waals surface area contributed by atoms with Crippen LogP contribution in [0.1, 0.15) is 11.3 Å². The number of hydrogen-bond acceptors (Lipinski definition) is 4. The minimum Gasteiger partial charge on any atom is -0.497 e. The number of rotatable bonds is 5. The second kappa shape index (κ2) is 5.75. The summed E-state index contributed by atoms with van der Waals surface area (Å²) in [7, 11) is 1.68. The monoisotopic (exact) mass is 268 g/mol. The molecule has 3 rings (SSSR count). The Balaban J connectivity index is 1.69. The van der Waals surface area contributed by atoms with E-state index < -0.39 is 0 Å². The fourth-order valence-electron chi connectivity index (χ4n) is 2.17. The number of nitrogens with one attached hydrogen (secondary N) is 1. The molecule has 0 aliphatic rings. The maximum Gasteiger partial charge on any atom is 0.124 e. The van der Waals surface area contributed by atoms with Crippen LogP contribution in [0, 0.1) is 0 Å². The first kappa shape index (κ1) is 12.7. The molecule has 0 spiro atoms. The van der Waals surface area contributed by atoms with Crippen molar-refractivity contribution in [2.24, 2.45) is 0 Å². The predicted octanol–water partition coefficient (Wildman–Crippen LogP) is 3.13. The molecule has 0 unspecified atom stereocenters. The molecule has 4 nitrogen and oxygen atoms in total. The van der Waals surface area contributed by atoms with Crippen LogP contribution in [-0.2, 0) is 13.1 Å². The highest BCUT2D eigenvalue weighted by atomic mass is 16.5. The van der Waals surface area contributed by atoms with Crippen molar-refractivity contribution in [3.05, 3.63) is 60.0 Å². The summed E-state index contributed by atoms with van der Waals surface area (Å²) in [6.45, 7) is 1.51. The highest BCUT2D eigenvalue weighted by Gasteiger charge is 2.00. The van der Waals surface area contributed by atoms with E-state index in [1.54, 1.807) is 13.4 Å². The summed E-state index contributed by atoms with van der Waals surface area (Å²) in [6.07, 6.45) is 1.58. The van der Waals surface area contributed by atoms with E-state index in [1.807, 2.05) is 18.2 Å². The molecule has 3 aromatic rings. The summed E-state index contributed by atoms with van der Waals surface area (Å²) < 4.78 is 10.0. The first-order valence-electron chi connectivity index (χ1n) is 6.52. The van der Waals surface area contributed by atoms with Gasteiger partial charge in [0.2, 0.25) is 0 Å². The second-order valence-electron chi connectivity index (χ2n) is 4.64. The van der Waals surface area contributed by atoms with Crippen LogP contribution < -0.4 is 10.1 Å². The predicted molar refractivity (Wildman–Crippen MR) is 77.5 cm³/mol. The van der Waals surface area contributed by atoms with Gasteiger partial charge in [0.25, 0.3) is 0 Å². The van der Waals surface area contributed by atoms with Crippen LogP contribution in [0.4, 0.5) is 0 Å². The van der Waals surface area contributed by atoms with Crippen molar-refractivity contribution in [1.29, 1.82) is 0 Å². The van der Waals surface area contributed by atoms with E-state index in [2.05, 4.69) is 34.7 Å². The van der Waals surface area contributed by atoms with E-state index in [-0.39, 0.29) is 0 Å². The number of benzene rings is 2. The second-order valence-corrected chi connectivity index (χ2v) is 4.64. The lowest BCUT2D eigenvalue weighted by Gasteiger charge is -2.06. The molecule has 1 heterocycles. The molecule has 1 aromatic heterocycles. The van der Waals surface area contributed by atoms with Crippen LogP contribution in [0.25, 0.3) is 10.8 Å². The molecule has 0 bridgehead atoms. The molecule has 1 N–H and O–H groups in total. The van der Waals surface area contributed by atoms with Crippen molar-refractivity contribution in [3.63, 3.8) is 0 Å². The van der Waals surface area contributed by atoms with Gasteiger partial charge < -0.3 is 14.6 Å². The largest absolute Gasteiger partial charge is 0.497 e. The van der Waals surface area contributed by atoms with Gasteiger partial charge in [0.15, 0.2) is 0 Å². The highest BCUT2D eigenvalue weighted by Crippen LogP contribution is 2.21. The number of nitrogens with zero attached hydrogens (tertiary/aromatic N) is 1. The van der Waals surface area contributed by atoms with Crippen LogP contribution >= 0.6 is 0 Å². The number of hydrogen-bond donors (Lipinski definition) is 1. The van der Waals surface area contributed by atoms with E-state index >= 15 is 0 Å². The van der Waals surface area contributed by atoms with Gasteiger partial charge in [-0.3, -0.25) is 0 Å². The van der Waals surface area contributed by atoms with Gasteiger partial charge >= 0.3 is 0 Å². The molecule has 20 heavy (non-hydrogen) atoms. The Morgan fingerprint density at radius 2 is 1.90 bits per heavy atom. The van der Waals surface area contributed by atoms with Crippen molar-refractivity contribution >= 4 is 10.8 Å². The minimum atomic E-state index is 0.706. The standard InChI is InChI=1S/C16H16N2O2/c1-19-16-5-4-13-8-12(2-3-14(13)9-16)10-17-11-15-6-7-20-18-15/h2-9,17H,10-11H2,1H3. The lowest BCUT2D eigenvalue weighted by Crippen LogP contribution is -2.12. The average Bonchev–Trinajstić information content (AvgIpc) is 3.00. The van der Waals surface area contributed by atoms with Crippen LogP contribution in [-0.4, -0.2) is 12.3 Å². The lowest BCUT2D eigenvalue weighted by atomic mass is 10.1. The van der Waals surface area contributed by atoms with Gasteiger partial charge in [0.1, 0.15) is 12.0 Å². The third-order valence-electron chi connectivity index (χ3n) is 3.24. The molecule has 0 saturated heterocycles. The third kappa shape index (κ3) is 2.81. The lowest BCUT2D eigenvalue weighted by molar-refractivity contribution is 0.408. The van der Waals surface area contributed by atoms with Crippen LogP contribution in [0.2, 0.25) is 0 Å². The Morgan fingerprint density at radius 1 is 1.05 bits per heavy atom. The maximum atomic E-state index is 5.23. The minimum absolute atomic E-state index is 0.706. The Morgan fingerprint density at radius 3 is 2.70 bits per heavy atom. The van der Waals surface area contributed by atoms with Crippen molar-refractivity contribution in [3.8, 4) is 5.75 Å². The number of methoxy groups -OCH3 is 1. The first-order valence-corrected chi connectivity index (χ1v) is 6.52. The zero-order chi connectivity index (χ0) is 13.8. The SMILES string of the molecule is COc1ccc2cc(CNCc3ccon3)ccc2c1.